The number of rotatable bonds is 3. The van der Waals surface area contributed by atoms with Crippen molar-refractivity contribution in [1.82, 2.24) is 4.98 Å². The second kappa shape index (κ2) is 5.19. The Morgan fingerprint density at radius 2 is 2.16 bits per heavy atom. The standard InChI is InChI=1S/C11H7BrFN3O3/c12-6-3-9(14)11(15-5-6)19-10-2-1-7(16(17)18)4-8(10)13/h1-5H,14H2. The molecule has 98 valence electrons. The molecule has 19 heavy (non-hydrogen) atoms. The summed E-state index contributed by atoms with van der Waals surface area (Å²) in [5.74, 6) is -1.03. The molecule has 0 aliphatic rings. The van der Waals surface area contributed by atoms with Crippen molar-refractivity contribution in [3.63, 3.8) is 0 Å². The van der Waals surface area contributed by atoms with Gasteiger partial charge in [0.2, 0.25) is 5.88 Å². The van der Waals surface area contributed by atoms with E-state index in [0.717, 1.165) is 18.2 Å². The number of nitro groups is 1. The summed E-state index contributed by atoms with van der Waals surface area (Å²) in [4.78, 5) is 13.7. The summed E-state index contributed by atoms with van der Waals surface area (Å²) in [5, 5.41) is 10.5. The molecule has 2 N–H and O–H groups in total. The second-order valence-electron chi connectivity index (χ2n) is 3.52. The minimum atomic E-state index is -0.863. The van der Waals surface area contributed by atoms with Crippen molar-refractivity contribution in [3.05, 3.63) is 50.9 Å². The van der Waals surface area contributed by atoms with Gasteiger partial charge in [-0.05, 0) is 28.1 Å². The van der Waals surface area contributed by atoms with Crippen LogP contribution in [0.15, 0.2) is 34.9 Å². The lowest BCUT2D eigenvalue weighted by atomic mass is 10.3. The number of anilines is 1. The summed E-state index contributed by atoms with van der Waals surface area (Å²) in [7, 11) is 0. The van der Waals surface area contributed by atoms with Crippen LogP contribution in [0.25, 0.3) is 0 Å². The highest BCUT2D eigenvalue weighted by Gasteiger charge is 2.13. The van der Waals surface area contributed by atoms with Crippen LogP contribution in [0.2, 0.25) is 0 Å². The van der Waals surface area contributed by atoms with Gasteiger partial charge in [-0.25, -0.2) is 9.37 Å². The molecule has 0 saturated carbocycles. The minimum absolute atomic E-state index is 0.0240. The Morgan fingerprint density at radius 1 is 1.42 bits per heavy atom. The van der Waals surface area contributed by atoms with Gasteiger partial charge in [-0.3, -0.25) is 10.1 Å². The van der Waals surface area contributed by atoms with Crippen LogP contribution < -0.4 is 10.5 Å². The zero-order chi connectivity index (χ0) is 14.0. The van der Waals surface area contributed by atoms with E-state index in [2.05, 4.69) is 20.9 Å². The van der Waals surface area contributed by atoms with E-state index in [0.29, 0.717) is 4.47 Å². The lowest BCUT2D eigenvalue weighted by molar-refractivity contribution is -0.385. The molecule has 0 atom stereocenters. The average Bonchev–Trinajstić information content (AvgIpc) is 2.34. The number of benzene rings is 1. The fourth-order valence-corrected chi connectivity index (χ4v) is 1.67. The van der Waals surface area contributed by atoms with Crippen molar-refractivity contribution in [2.24, 2.45) is 0 Å². The molecule has 1 aromatic heterocycles. The van der Waals surface area contributed by atoms with Crippen molar-refractivity contribution in [3.8, 4) is 11.6 Å². The molecule has 6 nitrogen and oxygen atoms in total. The van der Waals surface area contributed by atoms with E-state index in [4.69, 9.17) is 10.5 Å². The number of ether oxygens (including phenoxy) is 1. The highest BCUT2D eigenvalue weighted by atomic mass is 79.9. The summed E-state index contributed by atoms with van der Waals surface area (Å²) >= 11 is 3.17. The van der Waals surface area contributed by atoms with Crippen molar-refractivity contribution < 1.29 is 14.1 Å². The van der Waals surface area contributed by atoms with Crippen LogP contribution >= 0.6 is 15.9 Å². The maximum absolute atomic E-state index is 13.6. The van der Waals surface area contributed by atoms with E-state index in [1.807, 2.05) is 0 Å². The molecule has 0 aliphatic heterocycles. The van der Waals surface area contributed by atoms with Gasteiger partial charge in [0.05, 0.1) is 16.7 Å². The fourth-order valence-electron chi connectivity index (χ4n) is 1.32. The first-order valence-corrected chi connectivity index (χ1v) is 5.79. The fraction of sp³-hybridized carbons (Fsp3) is 0. The molecule has 0 bridgehead atoms. The molecule has 0 unspecified atom stereocenters. The van der Waals surface area contributed by atoms with Gasteiger partial charge in [0.15, 0.2) is 11.6 Å². The molecule has 0 radical (unpaired) electrons. The molecule has 0 aliphatic carbocycles. The van der Waals surface area contributed by atoms with E-state index in [9.17, 15) is 14.5 Å². The quantitative estimate of drug-likeness (QED) is 0.690. The van der Waals surface area contributed by atoms with Gasteiger partial charge in [0.25, 0.3) is 5.69 Å². The summed E-state index contributed by atoms with van der Waals surface area (Å²) in [6, 6.07) is 4.60. The normalized spacial score (nSPS) is 10.2. The van der Waals surface area contributed by atoms with Crippen LogP contribution in [0.3, 0.4) is 0 Å². The monoisotopic (exact) mass is 327 g/mol. The number of nitrogens with two attached hydrogens (primary N) is 1. The second-order valence-corrected chi connectivity index (χ2v) is 4.44. The Bertz CT molecular complexity index is 651. The molecule has 0 fully saturated rings. The molecule has 8 heteroatoms. The Morgan fingerprint density at radius 3 is 2.74 bits per heavy atom. The Balaban J connectivity index is 2.31. The van der Waals surface area contributed by atoms with E-state index in [1.165, 1.54) is 6.20 Å². The van der Waals surface area contributed by atoms with Crippen LogP contribution in [0.1, 0.15) is 0 Å². The highest BCUT2D eigenvalue weighted by molar-refractivity contribution is 9.10. The van der Waals surface area contributed by atoms with Crippen LogP contribution in [0.4, 0.5) is 15.8 Å². The third-order valence-corrected chi connectivity index (χ3v) is 2.61. The number of non-ortho nitro benzene ring substituents is 1. The Kier molecular flexibility index (Phi) is 3.61. The zero-order valence-electron chi connectivity index (χ0n) is 9.34. The minimum Gasteiger partial charge on any atom is -0.434 e. The van der Waals surface area contributed by atoms with E-state index < -0.39 is 10.7 Å². The number of halogens is 2. The Hall–Kier alpha value is -2.22. The first-order valence-electron chi connectivity index (χ1n) is 5.00. The van der Waals surface area contributed by atoms with E-state index in [-0.39, 0.29) is 23.0 Å². The van der Waals surface area contributed by atoms with Crippen molar-refractivity contribution in [2.75, 3.05) is 5.73 Å². The number of nitro benzene ring substituents is 1. The van der Waals surface area contributed by atoms with Crippen LogP contribution in [0, 0.1) is 15.9 Å². The molecule has 1 heterocycles. The SMILES string of the molecule is Nc1cc(Br)cnc1Oc1ccc([N+](=O)[O-])cc1F. The lowest BCUT2D eigenvalue weighted by Gasteiger charge is -2.07. The van der Waals surface area contributed by atoms with E-state index in [1.54, 1.807) is 6.07 Å². The predicted molar refractivity (Wildman–Crippen MR) is 69.5 cm³/mol. The van der Waals surface area contributed by atoms with Crippen molar-refractivity contribution in [1.29, 1.82) is 0 Å². The third-order valence-electron chi connectivity index (χ3n) is 2.18. The van der Waals surface area contributed by atoms with E-state index >= 15 is 0 Å². The van der Waals surface area contributed by atoms with Crippen molar-refractivity contribution >= 4 is 27.3 Å². The lowest BCUT2D eigenvalue weighted by Crippen LogP contribution is -1.97. The number of hydrogen-bond acceptors (Lipinski definition) is 5. The maximum Gasteiger partial charge on any atom is 0.272 e. The largest absolute Gasteiger partial charge is 0.434 e. The summed E-state index contributed by atoms with van der Waals surface area (Å²) < 4.78 is 19.4. The molecular weight excluding hydrogens is 321 g/mol. The topological polar surface area (TPSA) is 91.3 Å². The summed E-state index contributed by atoms with van der Waals surface area (Å²) in [6.07, 6.45) is 1.44. The molecule has 0 saturated heterocycles. The molecule has 2 aromatic rings. The highest BCUT2D eigenvalue weighted by Crippen LogP contribution is 2.30. The van der Waals surface area contributed by atoms with Gasteiger partial charge in [-0.1, -0.05) is 0 Å². The van der Waals surface area contributed by atoms with Gasteiger partial charge in [0, 0.05) is 16.7 Å². The number of nitrogens with zero attached hydrogens (tertiary/aromatic N) is 2. The predicted octanol–water partition coefficient (Wildman–Crippen LogP) is 3.27. The molecule has 0 spiro atoms. The Labute approximate surface area is 115 Å². The molecule has 1 aromatic carbocycles. The first-order chi connectivity index (χ1) is 8.97. The molecular formula is C11H7BrFN3O3. The smallest absolute Gasteiger partial charge is 0.272 e. The summed E-state index contributed by atoms with van der Waals surface area (Å²) in [6.45, 7) is 0. The number of nitrogen functional groups attached to an aromatic ring is 1. The van der Waals surface area contributed by atoms with Crippen LogP contribution in [-0.2, 0) is 0 Å². The van der Waals surface area contributed by atoms with Crippen molar-refractivity contribution in [2.45, 2.75) is 0 Å². The van der Waals surface area contributed by atoms with Gasteiger partial charge in [-0.15, -0.1) is 0 Å². The molecule has 2 rings (SSSR count). The van der Waals surface area contributed by atoms with Gasteiger partial charge in [0.1, 0.15) is 0 Å². The first kappa shape index (κ1) is 13.2. The zero-order valence-corrected chi connectivity index (χ0v) is 10.9. The van der Waals surface area contributed by atoms with Crippen LogP contribution in [0.5, 0.6) is 11.6 Å². The van der Waals surface area contributed by atoms with Gasteiger partial charge >= 0.3 is 0 Å². The number of aromatic nitrogens is 1. The average molecular weight is 328 g/mol. The number of pyridine rings is 1. The molecule has 0 amide bonds. The summed E-state index contributed by atoms with van der Waals surface area (Å²) in [5.41, 5.74) is 5.50. The van der Waals surface area contributed by atoms with Gasteiger partial charge in [-0.2, -0.15) is 0 Å². The number of hydrogen-bond donors (Lipinski definition) is 1. The third kappa shape index (κ3) is 2.97. The maximum atomic E-state index is 13.6. The van der Waals surface area contributed by atoms with Crippen LogP contribution in [-0.4, -0.2) is 9.91 Å². The van der Waals surface area contributed by atoms with Gasteiger partial charge < -0.3 is 10.5 Å².